The number of rotatable bonds is 8. The van der Waals surface area contributed by atoms with E-state index in [9.17, 15) is 0 Å². The molecule has 0 aliphatic carbocycles. The molecule has 0 radical (unpaired) electrons. The minimum Gasteiger partial charge on any atom is -0.353 e. The van der Waals surface area contributed by atoms with Gasteiger partial charge in [0.05, 0.1) is 11.4 Å². The highest BCUT2D eigenvalue weighted by molar-refractivity contribution is 5.25. The molecule has 0 fully saturated rings. The van der Waals surface area contributed by atoms with Crippen molar-refractivity contribution in [2.75, 3.05) is 18.4 Å². The van der Waals surface area contributed by atoms with Gasteiger partial charge in [-0.25, -0.2) is 4.98 Å². The Morgan fingerprint density at radius 3 is 2.50 bits per heavy atom. The average Bonchev–Trinajstić information content (AvgIpc) is 2.42. The molecule has 1 aromatic heterocycles. The maximum absolute atomic E-state index is 5.58. The van der Waals surface area contributed by atoms with Crippen LogP contribution in [0.1, 0.15) is 45.0 Å². The maximum atomic E-state index is 5.58. The molecule has 1 atom stereocenters. The molecular weight excluding hydrogens is 226 g/mol. The van der Waals surface area contributed by atoms with Gasteiger partial charge < -0.3 is 11.1 Å². The van der Waals surface area contributed by atoms with Crippen LogP contribution in [0.4, 0.5) is 5.95 Å². The number of hydrogen-bond donors (Lipinski definition) is 2. The predicted octanol–water partition coefficient (Wildman–Crippen LogP) is 1.78. The van der Waals surface area contributed by atoms with Crippen molar-refractivity contribution in [1.29, 1.82) is 0 Å². The van der Waals surface area contributed by atoms with Gasteiger partial charge in [0, 0.05) is 6.54 Å². The highest BCUT2D eigenvalue weighted by Crippen LogP contribution is 2.08. The normalized spacial score (nSPS) is 12.4. The molecule has 102 valence electrons. The lowest BCUT2D eigenvalue weighted by atomic mass is 10.1. The zero-order valence-electron chi connectivity index (χ0n) is 11.7. The summed E-state index contributed by atoms with van der Waals surface area (Å²) in [4.78, 5) is 4.49. The van der Waals surface area contributed by atoms with Crippen LogP contribution in [-0.4, -0.2) is 28.3 Å². The summed E-state index contributed by atoms with van der Waals surface area (Å²) in [5, 5.41) is 11.5. The third-order valence-electron chi connectivity index (χ3n) is 3.07. The molecule has 1 heterocycles. The van der Waals surface area contributed by atoms with Crippen LogP contribution in [0, 0.1) is 5.92 Å². The van der Waals surface area contributed by atoms with Gasteiger partial charge in [0.2, 0.25) is 5.95 Å². The zero-order valence-corrected chi connectivity index (χ0v) is 11.7. The van der Waals surface area contributed by atoms with Gasteiger partial charge in [-0.1, -0.05) is 20.8 Å². The van der Waals surface area contributed by atoms with E-state index < -0.39 is 0 Å². The molecule has 0 bridgehead atoms. The lowest BCUT2D eigenvalue weighted by Gasteiger charge is -2.09. The third kappa shape index (κ3) is 4.56. The number of anilines is 1. The number of aromatic nitrogens is 3. The molecule has 1 rings (SSSR count). The highest BCUT2D eigenvalue weighted by Gasteiger charge is 2.05. The van der Waals surface area contributed by atoms with E-state index >= 15 is 0 Å². The molecule has 0 saturated carbocycles. The molecule has 0 saturated heterocycles. The number of nitrogens with two attached hydrogens (primary N) is 1. The molecule has 1 unspecified atom stereocenters. The topological polar surface area (TPSA) is 76.7 Å². The fourth-order valence-electron chi connectivity index (χ4n) is 1.78. The first-order valence-electron chi connectivity index (χ1n) is 6.87. The second-order valence-corrected chi connectivity index (χ2v) is 4.65. The number of aryl methyl sites for hydroxylation is 2. The standard InChI is InChI=1S/C13H25N5/c1-4-11-12(5-2)17-18-13(16-11)15-8-6-7-10(3)9-14/h10H,4-9,14H2,1-3H3,(H,15,16,18). The first-order valence-corrected chi connectivity index (χ1v) is 6.87. The summed E-state index contributed by atoms with van der Waals surface area (Å²) in [6.45, 7) is 7.97. The molecule has 0 aromatic carbocycles. The summed E-state index contributed by atoms with van der Waals surface area (Å²) in [6, 6.07) is 0. The molecule has 0 aliphatic heterocycles. The van der Waals surface area contributed by atoms with Gasteiger partial charge in [-0.15, -0.1) is 5.10 Å². The maximum Gasteiger partial charge on any atom is 0.242 e. The third-order valence-corrected chi connectivity index (χ3v) is 3.07. The number of nitrogens with one attached hydrogen (secondary N) is 1. The van der Waals surface area contributed by atoms with E-state index in [1.165, 1.54) is 0 Å². The van der Waals surface area contributed by atoms with Crippen LogP contribution < -0.4 is 11.1 Å². The second kappa shape index (κ2) is 7.97. The number of hydrogen-bond acceptors (Lipinski definition) is 5. The molecule has 18 heavy (non-hydrogen) atoms. The van der Waals surface area contributed by atoms with Crippen LogP contribution >= 0.6 is 0 Å². The van der Waals surface area contributed by atoms with Gasteiger partial charge in [0.25, 0.3) is 0 Å². The van der Waals surface area contributed by atoms with Crippen molar-refractivity contribution in [2.24, 2.45) is 11.7 Å². The van der Waals surface area contributed by atoms with E-state index in [2.05, 4.69) is 41.3 Å². The van der Waals surface area contributed by atoms with Crippen molar-refractivity contribution in [2.45, 2.75) is 46.5 Å². The Hall–Kier alpha value is -1.23. The lowest BCUT2D eigenvalue weighted by Crippen LogP contribution is -2.14. The van der Waals surface area contributed by atoms with Gasteiger partial charge in [0.15, 0.2) is 0 Å². The minimum atomic E-state index is 0.583. The van der Waals surface area contributed by atoms with Crippen molar-refractivity contribution >= 4 is 5.95 Å². The summed E-state index contributed by atoms with van der Waals surface area (Å²) < 4.78 is 0. The van der Waals surface area contributed by atoms with Gasteiger partial charge in [-0.3, -0.25) is 0 Å². The van der Waals surface area contributed by atoms with Gasteiger partial charge in [-0.05, 0) is 38.1 Å². The summed E-state index contributed by atoms with van der Waals surface area (Å²) in [5.41, 5.74) is 7.63. The first kappa shape index (κ1) is 14.8. The van der Waals surface area contributed by atoms with E-state index in [1.807, 2.05) is 0 Å². The predicted molar refractivity (Wildman–Crippen MR) is 74.5 cm³/mol. The van der Waals surface area contributed by atoms with Crippen molar-refractivity contribution in [3.05, 3.63) is 11.4 Å². The summed E-state index contributed by atoms with van der Waals surface area (Å²) >= 11 is 0. The van der Waals surface area contributed by atoms with E-state index in [0.29, 0.717) is 11.9 Å². The van der Waals surface area contributed by atoms with Crippen LogP contribution in [0.5, 0.6) is 0 Å². The number of nitrogens with zero attached hydrogens (tertiary/aromatic N) is 3. The molecule has 5 heteroatoms. The molecule has 3 N–H and O–H groups in total. The van der Waals surface area contributed by atoms with Crippen molar-refractivity contribution in [3.8, 4) is 0 Å². The van der Waals surface area contributed by atoms with E-state index in [4.69, 9.17) is 5.73 Å². The Morgan fingerprint density at radius 1 is 1.17 bits per heavy atom. The molecule has 1 aromatic rings. The molecule has 5 nitrogen and oxygen atoms in total. The van der Waals surface area contributed by atoms with Gasteiger partial charge >= 0.3 is 0 Å². The highest BCUT2D eigenvalue weighted by atomic mass is 15.2. The monoisotopic (exact) mass is 251 g/mol. The Kier molecular flexibility index (Phi) is 6.57. The Balaban J connectivity index is 2.43. The summed E-state index contributed by atoms with van der Waals surface area (Å²) in [7, 11) is 0. The van der Waals surface area contributed by atoms with Crippen LogP contribution in [0.15, 0.2) is 0 Å². The average molecular weight is 251 g/mol. The fraction of sp³-hybridized carbons (Fsp3) is 0.769. The molecular formula is C13H25N5. The smallest absolute Gasteiger partial charge is 0.242 e. The molecule has 0 spiro atoms. The van der Waals surface area contributed by atoms with Crippen LogP contribution in [0.25, 0.3) is 0 Å². The largest absolute Gasteiger partial charge is 0.353 e. The lowest BCUT2D eigenvalue weighted by molar-refractivity contribution is 0.529. The van der Waals surface area contributed by atoms with Gasteiger partial charge in [-0.2, -0.15) is 5.10 Å². The van der Waals surface area contributed by atoms with Crippen LogP contribution in [0.3, 0.4) is 0 Å². The first-order chi connectivity index (χ1) is 8.71. The van der Waals surface area contributed by atoms with Gasteiger partial charge in [0.1, 0.15) is 0 Å². The van der Waals surface area contributed by atoms with Crippen molar-refractivity contribution < 1.29 is 0 Å². The zero-order chi connectivity index (χ0) is 13.4. The molecule has 0 aliphatic rings. The molecule has 0 amide bonds. The van der Waals surface area contributed by atoms with E-state index in [0.717, 1.165) is 50.2 Å². The Morgan fingerprint density at radius 2 is 1.89 bits per heavy atom. The van der Waals surface area contributed by atoms with Crippen molar-refractivity contribution in [1.82, 2.24) is 15.2 Å². The van der Waals surface area contributed by atoms with Crippen LogP contribution in [0.2, 0.25) is 0 Å². The second-order valence-electron chi connectivity index (χ2n) is 4.65. The van der Waals surface area contributed by atoms with Crippen molar-refractivity contribution in [3.63, 3.8) is 0 Å². The van der Waals surface area contributed by atoms with E-state index in [1.54, 1.807) is 0 Å². The summed E-state index contributed by atoms with van der Waals surface area (Å²) in [5.74, 6) is 1.23. The quantitative estimate of drug-likeness (QED) is 0.689. The fourth-order valence-corrected chi connectivity index (χ4v) is 1.78. The van der Waals surface area contributed by atoms with Crippen LogP contribution in [-0.2, 0) is 12.8 Å². The Labute approximate surface area is 110 Å². The van der Waals surface area contributed by atoms with E-state index in [-0.39, 0.29) is 0 Å². The Bertz CT molecular complexity index is 353. The minimum absolute atomic E-state index is 0.583. The SMILES string of the molecule is CCc1nnc(NCCCC(C)CN)nc1CC. The summed E-state index contributed by atoms with van der Waals surface area (Å²) in [6.07, 6.45) is 4.00.